The molecule has 2 aromatic rings. The number of nitrogens with one attached hydrogen (secondary N) is 1. The van der Waals surface area contributed by atoms with E-state index >= 15 is 0 Å². The van der Waals surface area contributed by atoms with E-state index in [1.807, 2.05) is 44.2 Å². The molecule has 0 radical (unpaired) electrons. The molecule has 2 fully saturated rings. The number of hydrogen-bond donors (Lipinski definition) is 1. The Labute approximate surface area is 162 Å². The molecule has 1 aromatic heterocycles. The van der Waals surface area contributed by atoms with Gasteiger partial charge >= 0.3 is 0 Å². The van der Waals surface area contributed by atoms with Gasteiger partial charge in [0.15, 0.2) is 0 Å². The molecule has 0 bridgehead atoms. The fourth-order valence-electron chi connectivity index (χ4n) is 4.17. The highest BCUT2D eigenvalue weighted by Gasteiger charge is 2.44. The maximum Gasteiger partial charge on any atom is 0.251 e. The zero-order valence-electron chi connectivity index (χ0n) is 16.4. The van der Waals surface area contributed by atoms with E-state index in [-0.39, 0.29) is 5.91 Å². The maximum absolute atomic E-state index is 12.7. The first kappa shape index (κ1) is 18.2. The molecular weight excluding hydrogens is 334 g/mol. The van der Waals surface area contributed by atoms with Crippen LogP contribution in [0.4, 0.5) is 0 Å². The lowest BCUT2D eigenvalue weighted by atomic mass is 10.0. The molecule has 0 atom stereocenters. The summed E-state index contributed by atoms with van der Waals surface area (Å²) in [6.07, 6.45) is 5.11. The van der Waals surface area contributed by atoms with Crippen molar-refractivity contribution >= 4 is 5.91 Å². The second kappa shape index (κ2) is 7.43. The summed E-state index contributed by atoms with van der Waals surface area (Å²) in [6, 6.07) is 12.0. The molecule has 1 saturated heterocycles. The van der Waals surface area contributed by atoms with Gasteiger partial charge in [0, 0.05) is 41.0 Å². The second-order valence-corrected chi connectivity index (χ2v) is 8.33. The van der Waals surface area contributed by atoms with Gasteiger partial charge in [-0.1, -0.05) is 18.2 Å². The second-order valence-electron chi connectivity index (χ2n) is 8.33. The molecule has 4 rings (SSSR count). The van der Waals surface area contributed by atoms with Crippen molar-refractivity contribution in [1.82, 2.24) is 15.2 Å². The largest absolute Gasteiger partial charge is 0.351 e. The van der Waals surface area contributed by atoms with Crippen LogP contribution in [0.2, 0.25) is 0 Å². The van der Waals surface area contributed by atoms with Crippen molar-refractivity contribution in [1.29, 1.82) is 0 Å². The first-order valence-corrected chi connectivity index (χ1v) is 10.1. The summed E-state index contributed by atoms with van der Waals surface area (Å²) in [5.41, 5.74) is 5.18. The van der Waals surface area contributed by atoms with Crippen LogP contribution >= 0.6 is 0 Å². The van der Waals surface area contributed by atoms with Crippen molar-refractivity contribution in [2.24, 2.45) is 5.41 Å². The number of likely N-dealkylation sites (tertiary alicyclic amines) is 1. The van der Waals surface area contributed by atoms with Crippen molar-refractivity contribution < 1.29 is 4.79 Å². The van der Waals surface area contributed by atoms with Crippen LogP contribution in [0.15, 0.2) is 36.4 Å². The molecule has 1 aliphatic heterocycles. The summed E-state index contributed by atoms with van der Waals surface area (Å²) in [5.74, 6) is 0.0299. The number of aromatic nitrogens is 1. The van der Waals surface area contributed by atoms with Crippen LogP contribution < -0.4 is 5.32 Å². The van der Waals surface area contributed by atoms with Gasteiger partial charge in [-0.25, -0.2) is 0 Å². The highest BCUT2D eigenvalue weighted by molar-refractivity contribution is 5.95. The Morgan fingerprint density at radius 1 is 1.15 bits per heavy atom. The Hall–Kier alpha value is -2.20. The molecule has 1 saturated carbocycles. The Morgan fingerprint density at radius 2 is 1.93 bits per heavy atom. The molecule has 1 aliphatic carbocycles. The highest BCUT2D eigenvalue weighted by Crippen LogP contribution is 2.46. The number of pyridine rings is 1. The molecule has 1 aromatic carbocycles. The molecule has 0 spiro atoms. The first-order chi connectivity index (χ1) is 13.0. The summed E-state index contributed by atoms with van der Waals surface area (Å²) in [6.45, 7) is 8.39. The van der Waals surface area contributed by atoms with E-state index in [1.54, 1.807) is 0 Å². The molecule has 2 heterocycles. The first-order valence-electron chi connectivity index (χ1n) is 10.1. The number of nitrogens with zero attached hydrogens (tertiary/aromatic N) is 2. The fraction of sp³-hybridized carbons (Fsp3) is 0.478. The van der Waals surface area contributed by atoms with Gasteiger partial charge < -0.3 is 10.2 Å². The normalized spacial score (nSPS) is 18.4. The van der Waals surface area contributed by atoms with Crippen LogP contribution in [0, 0.1) is 19.3 Å². The van der Waals surface area contributed by atoms with Crippen LogP contribution in [0.1, 0.15) is 47.4 Å². The lowest BCUT2D eigenvalue weighted by Crippen LogP contribution is -2.37. The maximum atomic E-state index is 12.7. The topological polar surface area (TPSA) is 45.2 Å². The average Bonchev–Trinajstić information content (AvgIpc) is 3.23. The van der Waals surface area contributed by atoms with E-state index in [1.165, 1.54) is 38.8 Å². The molecule has 1 amide bonds. The van der Waals surface area contributed by atoms with Gasteiger partial charge in [0.25, 0.3) is 5.91 Å². The predicted octanol–water partition coefficient (Wildman–Crippen LogP) is 3.97. The monoisotopic (exact) mass is 363 g/mol. The van der Waals surface area contributed by atoms with E-state index in [0.717, 1.165) is 41.2 Å². The van der Waals surface area contributed by atoms with Crippen LogP contribution in [0.3, 0.4) is 0 Å². The third kappa shape index (κ3) is 4.22. The molecule has 1 N–H and O–H groups in total. The van der Waals surface area contributed by atoms with Gasteiger partial charge in [0.2, 0.25) is 0 Å². The number of carbonyl (C=O) groups excluding carboxylic acids is 1. The van der Waals surface area contributed by atoms with Crippen molar-refractivity contribution in [2.75, 3.05) is 26.2 Å². The summed E-state index contributed by atoms with van der Waals surface area (Å²) >= 11 is 0. The zero-order chi connectivity index (χ0) is 18.9. The third-order valence-electron chi connectivity index (χ3n) is 6.00. The van der Waals surface area contributed by atoms with Crippen LogP contribution in [-0.2, 0) is 0 Å². The van der Waals surface area contributed by atoms with E-state index in [2.05, 4.69) is 21.3 Å². The van der Waals surface area contributed by atoms with Crippen LogP contribution in [0.25, 0.3) is 11.1 Å². The minimum absolute atomic E-state index is 0.0299. The van der Waals surface area contributed by atoms with E-state index in [0.29, 0.717) is 5.41 Å². The lowest BCUT2D eigenvalue weighted by Gasteiger charge is -2.23. The van der Waals surface area contributed by atoms with Crippen LogP contribution in [0.5, 0.6) is 0 Å². The fourth-order valence-corrected chi connectivity index (χ4v) is 4.17. The van der Waals surface area contributed by atoms with E-state index < -0.39 is 0 Å². The van der Waals surface area contributed by atoms with Crippen molar-refractivity contribution in [3.63, 3.8) is 0 Å². The highest BCUT2D eigenvalue weighted by atomic mass is 16.1. The quantitative estimate of drug-likeness (QED) is 0.845. The van der Waals surface area contributed by atoms with Gasteiger partial charge in [0.1, 0.15) is 0 Å². The standard InChI is InChI=1S/C23H29N3O/c1-17-8-9-21(18(2)25-17)19-6-5-7-20(14-19)22(27)24-15-23(10-11-23)16-26-12-3-4-13-26/h5-9,14H,3-4,10-13,15-16H2,1-2H3,(H,24,27). The van der Waals surface area contributed by atoms with E-state index in [9.17, 15) is 4.79 Å². The lowest BCUT2D eigenvalue weighted by molar-refractivity contribution is 0.0940. The molecular formula is C23H29N3O. The third-order valence-corrected chi connectivity index (χ3v) is 6.00. The van der Waals surface area contributed by atoms with Gasteiger partial charge in [-0.15, -0.1) is 0 Å². The van der Waals surface area contributed by atoms with Crippen molar-refractivity contribution in [3.8, 4) is 11.1 Å². The van der Waals surface area contributed by atoms with Gasteiger partial charge in [-0.05, 0) is 76.4 Å². The Morgan fingerprint density at radius 3 is 2.63 bits per heavy atom. The smallest absolute Gasteiger partial charge is 0.251 e. The summed E-state index contributed by atoms with van der Waals surface area (Å²) in [7, 11) is 0. The van der Waals surface area contributed by atoms with Crippen molar-refractivity contribution in [3.05, 3.63) is 53.3 Å². The van der Waals surface area contributed by atoms with Gasteiger partial charge in [-0.2, -0.15) is 0 Å². The average molecular weight is 364 g/mol. The van der Waals surface area contributed by atoms with Crippen molar-refractivity contribution in [2.45, 2.75) is 39.5 Å². The molecule has 0 unspecified atom stereocenters. The SMILES string of the molecule is Cc1ccc(-c2cccc(C(=O)NCC3(CN4CCCC4)CC3)c2)c(C)n1. The molecule has 142 valence electrons. The Kier molecular flexibility index (Phi) is 5.00. The number of aryl methyl sites for hydroxylation is 2. The predicted molar refractivity (Wildman–Crippen MR) is 109 cm³/mol. The van der Waals surface area contributed by atoms with E-state index in [4.69, 9.17) is 0 Å². The number of hydrogen-bond acceptors (Lipinski definition) is 3. The van der Waals surface area contributed by atoms with Gasteiger partial charge in [-0.3, -0.25) is 9.78 Å². The minimum atomic E-state index is 0.0299. The Balaban J connectivity index is 1.42. The summed E-state index contributed by atoms with van der Waals surface area (Å²) in [5, 5.41) is 3.20. The number of amides is 1. The molecule has 27 heavy (non-hydrogen) atoms. The minimum Gasteiger partial charge on any atom is -0.351 e. The number of benzene rings is 1. The molecule has 2 aliphatic rings. The Bertz CT molecular complexity index is 835. The number of rotatable bonds is 6. The zero-order valence-corrected chi connectivity index (χ0v) is 16.4. The summed E-state index contributed by atoms with van der Waals surface area (Å²) < 4.78 is 0. The number of carbonyl (C=O) groups is 1. The van der Waals surface area contributed by atoms with Gasteiger partial charge in [0.05, 0.1) is 0 Å². The molecule has 4 nitrogen and oxygen atoms in total. The van der Waals surface area contributed by atoms with Crippen LogP contribution in [-0.4, -0.2) is 42.0 Å². The molecule has 4 heteroatoms. The summed E-state index contributed by atoms with van der Waals surface area (Å²) in [4.78, 5) is 19.8.